The number of hydrogen-bond acceptors (Lipinski definition) is 3. The summed E-state index contributed by atoms with van der Waals surface area (Å²) < 4.78 is 27.2. The molecule has 2 rings (SSSR count). The quantitative estimate of drug-likeness (QED) is 0.809. The number of carbonyl (C=O) groups is 1. The van der Waals surface area contributed by atoms with Crippen LogP contribution < -0.4 is 0 Å². The van der Waals surface area contributed by atoms with Crippen LogP contribution in [0.4, 0.5) is 0 Å². The lowest BCUT2D eigenvalue weighted by atomic mass is 9.95. The third-order valence-corrected chi connectivity index (χ3v) is 6.42. The zero-order valence-electron chi connectivity index (χ0n) is 11.0. The van der Waals surface area contributed by atoms with Gasteiger partial charge in [-0.25, -0.2) is 8.42 Å². The Bertz CT molecular complexity index is 625. The Morgan fingerprint density at radius 2 is 1.95 bits per heavy atom. The molecule has 0 aromatic heterocycles. The summed E-state index contributed by atoms with van der Waals surface area (Å²) in [6, 6.07) is 4.72. The molecule has 1 heterocycles. The van der Waals surface area contributed by atoms with Crippen molar-refractivity contribution in [2.24, 2.45) is 5.92 Å². The van der Waals surface area contributed by atoms with Gasteiger partial charge in [0.15, 0.2) is 0 Å². The van der Waals surface area contributed by atoms with Crippen molar-refractivity contribution in [2.45, 2.75) is 24.7 Å². The van der Waals surface area contributed by atoms with Crippen LogP contribution in [0.25, 0.3) is 0 Å². The van der Waals surface area contributed by atoms with E-state index < -0.39 is 10.0 Å². The third kappa shape index (κ3) is 3.24. The molecule has 0 atom stereocenters. The van der Waals surface area contributed by atoms with Gasteiger partial charge in [-0.05, 0) is 38.0 Å². The first-order valence-electron chi connectivity index (χ1n) is 6.28. The molecule has 0 bridgehead atoms. The van der Waals surface area contributed by atoms with E-state index in [0.717, 1.165) is 4.47 Å². The van der Waals surface area contributed by atoms with Crippen molar-refractivity contribution in [1.82, 2.24) is 4.31 Å². The van der Waals surface area contributed by atoms with Crippen LogP contribution in [0.3, 0.4) is 0 Å². The number of halogens is 2. The molecule has 0 aliphatic carbocycles. The van der Waals surface area contributed by atoms with E-state index in [4.69, 9.17) is 11.6 Å². The molecule has 1 aliphatic rings. The summed E-state index contributed by atoms with van der Waals surface area (Å²) in [7, 11) is -3.59. The molecule has 1 aromatic rings. The zero-order valence-corrected chi connectivity index (χ0v) is 14.1. The average Bonchev–Trinajstić information content (AvgIpc) is 2.38. The molecule has 1 fully saturated rings. The Labute approximate surface area is 132 Å². The van der Waals surface area contributed by atoms with E-state index in [1.54, 1.807) is 19.1 Å². The van der Waals surface area contributed by atoms with Crippen LogP contribution >= 0.6 is 27.5 Å². The predicted molar refractivity (Wildman–Crippen MR) is 81.3 cm³/mol. The molecule has 0 spiro atoms. The van der Waals surface area contributed by atoms with Crippen LogP contribution in [0.2, 0.25) is 5.02 Å². The molecule has 1 aliphatic heterocycles. The second-order valence-electron chi connectivity index (χ2n) is 4.86. The van der Waals surface area contributed by atoms with Crippen LogP contribution in [-0.4, -0.2) is 31.6 Å². The highest BCUT2D eigenvalue weighted by Gasteiger charge is 2.31. The van der Waals surface area contributed by atoms with Crippen LogP contribution in [0.1, 0.15) is 19.8 Å². The summed E-state index contributed by atoms with van der Waals surface area (Å²) in [6.45, 7) is 2.28. The zero-order chi connectivity index (χ0) is 14.9. The lowest BCUT2D eigenvalue weighted by molar-refractivity contribution is -0.121. The first kappa shape index (κ1) is 15.9. The smallest absolute Gasteiger partial charge is 0.244 e. The number of hydrogen-bond donors (Lipinski definition) is 0. The SMILES string of the molecule is CC(=O)C1CCN(S(=O)(=O)c2ccc(Br)cc2Cl)CC1. The molecule has 1 saturated heterocycles. The molecule has 7 heteroatoms. The monoisotopic (exact) mass is 379 g/mol. The molecule has 0 amide bonds. The van der Waals surface area contributed by atoms with Crippen molar-refractivity contribution >= 4 is 43.3 Å². The predicted octanol–water partition coefficient (Wildman–Crippen LogP) is 3.09. The third-order valence-electron chi connectivity index (χ3n) is 3.54. The number of sulfonamides is 1. The maximum absolute atomic E-state index is 12.5. The summed E-state index contributed by atoms with van der Waals surface area (Å²) in [6.07, 6.45) is 1.14. The summed E-state index contributed by atoms with van der Waals surface area (Å²) in [5.74, 6) is 0.102. The Balaban J connectivity index is 2.22. The van der Waals surface area contributed by atoms with Gasteiger partial charge < -0.3 is 0 Å². The Hall–Kier alpha value is -0.430. The maximum Gasteiger partial charge on any atom is 0.244 e. The van der Waals surface area contributed by atoms with Gasteiger partial charge in [-0.3, -0.25) is 4.79 Å². The number of rotatable bonds is 3. The van der Waals surface area contributed by atoms with Gasteiger partial charge in [0.25, 0.3) is 0 Å². The summed E-state index contributed by atoms with van der Waals surface area (Å²) in [5.41, 5.74) is 0. The molecule has 4 nitrogen and oxygen atoms in total. The molecule has 0 saturated carbocycles. The van der Waals surface area contributed by atoms with Gasteiger partial charge in [-0.2, -0.15) is 4.31 Å². The molecule has 0 N–H and O–H groups in total. The van der Waals surface area contributed by atoms with E-state index in [9.17, 15) is 13.2 Å². The van der Waals surface area contributed by atoms with Crippen LogP contribution in [0, 0.1) is 5.92 Å². The summed E-state index contributed by atoms with van der Waals surface area (Å²) in [5, 5.41) is 0.202. The fourth-order valence-corrected chi connectivity index (χ4v) is 4.81. The molecule has 110 valence electrons. The van der Waals surface area contributed by atoms with Gasteiger partial charge in [0, 0.05) is 23.5 Å². The van der Waals surface area contributed by atoms with Crippen molar-refractivity contribution in [3.05, 3.63) is 27.7 Å². The van der Waals surface area contributed by atoms with Crippen LogP contribution in [0.15, 0.2) is 27.6 Å². The van der Waals surface area contributed by atoms with E-state index in [1.165, 1.54) is 10.4 Å². The highest BCUT2D eigenvalue weighted by atomic mass is 79.9. The maximum atomic E-state index is 12.5. The fraction of sp³-hybridized carbons (Fsp3) is 0.462. The van der Waals surface area contributed by atoms with E-state index >= 15 is 0 Å². The first-order valence-corrected chi connectivity index (χ1v) is 8.89. The van der Waals surface area contributed by atoms with Crippen LogP contribution in [0.5, 0.6) is 0 Å². The molecule has 1 aromatic carbocycles. The number of ketones is 1. The highest BCUT2D eigenvalue weighted by Crippen LogP contribution is 2.30. The van der Waals surface area contributed by atoms with Gasteiger partial charge in [0.1, 0.15) is 10.7 Å². The molecule has 0 unspecified atom stereocenters. The minimum absolute atomic E-state index is 0.0261. The van der Waals surface area contributed by atoms with Crippen molar-refractivity contribution in [1.29, 1.82) is 0 Å². The van der Waals surface area contributed by atoms with Gasteiger partial charge in [-0.15, -0.1) is 0 Å². The summed E-state index contributed by atoms with van der Waals surface area (Å²) in [4.78, 5) is 11.4. The second-order valence-corrected chi connectivity index (χ2v) is 8.09. The molecular weight excluding hydrogens is 366 g/mol. The molecule has 0 radical (unpaired) electrons. The van der Waals surface area contributed by atoms with Crippen molar-refractivity contribution in [2.75, 3.05) is 13.1 Å². The Kier molecular flexibility index (Phi) is 4.89. The van der Waals surface area contributed by atoms with Gasteiger partial charge >= 0.3 is 0 Å². The Morgan fingerprint density at radius 3 is 2.45 bits per heavy atom. The first-order chi connectivity index (χ1) is 9.32. The van der Waals surface area contributed by atoms with E-state index in [-0.39, 0.29) is 21.6 Å². The number of nitrogens with zero attached hydrogens (tertiary/aromatic N) is 1. The second kappa shape index (κ2) is 6.13. The minimum Gasteiger partial charge on any atom is -0.300 e. The summed E-state index contributed by atoms with van der Waals surface area (Å²) >= 11 is 9.27. The largest absolute Gasteiger partial charge is 0.300 e. The molecular formula is C13H15BrClNO3S. The van der Waals surface area contributed by atoms with Crippen molar-refractivity contribution < 1.29 is 13.2 Å². The van der Waals surface area contributed by atoms with E-state index in [1.807, 2.05) is 0 Å². The lowest BCUT2D eigenvalue weighted by Gasteiger charge is -2.30. The van der Waals surface area contributed by atoms with E-state index in [2.05, 4.69) is 15.9 Å². The number of Topliss-reactive ketones (excluding diaryl/α,β-unsaturated/α-hetero) is 1. The topological polar surface area (TPSA) is 54.5 Å². The number of benzene rings is 1. The highest BCUT2D eigenvalue weighted by molar-refractivity contribution is 9.10. The van der Waals surface area contributed by atoms with Gasteiger partial charge in [0.05, 0.1) is 5.02 Å². The van der Waals surface area contributed by atoms with Crippen molar-refractivity contribution in [3.8, 4) is 0 Å². The molecule has 20 heavy (non-hydrogen) atoms. The van der Waals surface area contributed by atoms with E-state index in [0.29, 0.717) is 25.9 Å². The fourth-order valence-electron chi connectivity index (χ4n) is 2.33. The Morgan fingerprint density at radius 1 is 1.35 bits per heavy atom. The number of carbonyl (C=O) groups excluding carboxylic acids is 1. The number of piperidine rings is 1. The van der Waals surface area contributed by atoms with Crippen molar-refractivity contribution in [3.63, 3.8) is 0 Å². The van der Waals surface area contributed by atoms with Gasteiger partial charge in [0.2, 0.25) is 10.0 Å². The normalized spacial score (nSPS) is 18.1. The lowest BCUT2D eigenvalue weighted by Crippen LogP contribution is -2.39. The minimum atomic E-state index is -3.59. The average molecular weight is 381 g/mol. The standard InChI is InChI=1S/C13H15BrClNO3S/c1-9(17)10-4-6-16(7-5-10)20(18,19)13-3-2-11(14)8-12(13)15/h2-3,8,10H,4-7H2,1H3. The van der Waals surface area contributed by atoms with Crippen LogP contribution in [-0.2, 0) is 14.8 Å². The van der Waals surface area contributed by atoms with Gasteiger partial charge in [-0.1, -0.05) is 27.5 Å².